The van der Waals surface area contributed by atoms with E-state index in [0.717, 1.165) is 12.1 Å². The van der Waals surface area contributed by atoms with Crippen LogP contribution < -0.4 is 4.72 Å². The first-order valence-electron chi connectivity index (χ1n) is 8.74. The molecule has 30 heavy (non-hydrogen) atoms. The van der Waals surface area contributed by atoms with Gasteiger partial charge < -0.3 is 15.3 Å². The maximum absolute atomic E-state index is 12.6. The Bertz CT molecular complexity index is 1270. The highest BCUT2D eigenvalue weighted by molar-refractivity contribution is 7.91. The molecule has 0 atom stereocenters. The Kier molecular flexibility index (Phi) is 6.01. The summed E-state index contributed by atoms with van der Waals surface area (Å²) in [5, 5.41) is 28.2. The van der Waals surface area contributed by atoms with E-state index in [1.807, 2.05) is 0 Å². The molecule has 3 rings (SSSR count). The minimum atomic E-state index is -3.88. The SMILES string of the molecule is O=S(=O)(NCCc1ccc(S(=O)(=O)c2cccc(O)c2)cc1)c1ccc(O)c(O)c1. The van der Waals surface area contributed by atoms with Gasteiger partial charge in [-0.1, -0.05) is 18.2 Å². The summed E-state index contributed by atoms with van der Waals surface area (Å²) in [6.07, 6.45) is 0.301. The lowest BCUT2D eigenvalue weighted by molar-refractivity contribution is 0.402. The Morgan fingerprint density at radius 2 is 1.37 bits per heavy atom. The van der Waals surface area contributed by atoms with Gasteiger partial charge in [0.25, 0.3) is 0 Å². The molecule has 0 bridgehead atoms. The van der Waals surface area contributed by atoms with E-state index < -0.39 is 31.4 Å². The van der Waals surface area contributed by atoms with Crippen molar-refractivity contribution in [1.29, 1.82) is 0 Å². The van der Waals surface area contributed by atoms with Gasteiger partial charge in [-0.3, -0.25) is 0 Å². The summed E-state index contributed by atoms with van der Waals surface area (Å²) in [5.74, 6) is -1.11. The molecule has 0 aromatic heterocycles. The van der Waals surface area contributed by atoms with Crippen molar-refractivity contribution in [3.63, 3.8) is 0 Å². The number of phenolic OH excluding ortho intramolecular Hbond substituents is 3. The van der Waals surface area contributed by atoms with Crippen molar-refractivity contribution in [1.82, 2.24) is 4.72 Å². The Morgan fingerprint density at radius 1 is 0.700 bits per heavy atom. The average Bonchev–Trinajstić information content (AvgIpc) is 2.70. The van der Waals surface area contributed by atoms with E-state index in [2.05, 4.69) is 4.72 Å². The van der Waals surface area contributed by atoms with Crippen LogP contribution in [0.25, 0.3) is 0 Å². The van der Waals surface area contributed by atoms with Gasteiger partial charge in [-0.25, -0.2) is 21.6 Å². The smallest absolute Gasteiger partial charge is 0.240 e. The Labute approximate surface area is 174 Å². The normalized spacial score (nSPS) is 12.0. The summed E-state index contributed by atoms with van der Waals surface area (Å²) in [6.45, 7) is 0.0443. The number of benzene rings is 3. The molecule has 0 spiro atoms. The third-order valence-corrected chi connectivity index (χ3v) is 7.55. The number of sulfone groups is 1. The Balaban J connectivity index is 1.67. The first-order valence-corrected chi connectivity index (χ1v) is 11.7. The fourth-order valence-corrected chi connectivity index (χ4v) is 5.06. The number of phenols is 3. The molecule has 0 aliphatic heterocycles. The van der Waals surface area contributed by atoms with Crippen LogP contribution in [0.3, 0.4) is 0 Å². The molecule has 0 saturated heterocycles. The number of sulfonamides is 1. The number of nitrogens with one attached hydrogen (secondary N) is 1. The van der Waals surface area contributed by atoms with Gasteiger partial charge in [-0.2, -0.15) is 0 Å². The zero-order chi connectivity index (χ0) is 21.9. The molecule has 0 aliphatic carbocycles. The molecule has 0 radical (unpaired) electrons. The van der Waals surface area contributed by atoms with Crippen LogP contribution in [0.2, 0.25) is 0 Å². The van der Waals surface area contributed by atoms with Crippen LogP contribution in [-0.2, 0) is 26.3 Å². The second-order valence-corrected chi connectivity index (χ2v) is 10.2. The first kappa shape index (κ1) is 21.6. The van der Waals surface area contributed by atoms with Gasteiger partial charge in [0.2, 0.25) is 19.9 Å². The summed E-state index contributed by atoms with van der Waals surface area (Å²) in [5.41, 5.74) is 0.709. The van der Waals surface area contributed by atoms with Crippen LogP contribution in [0.5, 0.6) is 17.2 Å². The zero-order valence-electron chi connectivity index (χ0n) is 15.6. The molecule has 3 aromatic rings. The van der Waals surface area contributed by atoms with E-state index in [9.17, 15) is 32.2 Å². The van der Waals surface area contributed by atoms with Gasteiger partial charge in [0.05, 0.1) is 14.7 Å². The van der Waals surface area contributed by atoms with Gasteiger partial charge >= 0.3 is 0 Å². The van der Waals surface area contributed by atoms with Crippen molar-refractivity contribution in [2.75, 3.05) is 6.54 Å². The molecule has 0 unspecified atom stereocenters. The van der Waals surface area contributed by atoms with Crippen molar-refractivity contribution in [2.24, 2.45) is 0 Å². The van der Waals surface area contributed by atoms with Crippen LogP contribution in [0, 0.1) is 0 Å². The molecule has 0 heterocycles. The molecule has 8 nitrogen and oxygen atoms in total. The van der Waals surface area contributed by atoms with Gasteiger partial charge in [0, 0.05) is 12.6 Å². The van der Waals surface area contributed by atoms with Crippen LogP contribution in [0.4, 0.5) is 0 Å². The number of hydrogen-bond acceptors (Lipinski definition) is 7. The maximum atomic E-state index is 12.6. The summed E-state index contributed by atoms with van der Waals surface area (Å²) in [6, 6.07) is 14.6. The fourth-order valence-electron chi connectivity index (χ4n) is 2.71. The van der Waals surface area contributed by atoms with Crippen LogP contribution >= 0.6 is 0 Å². The van der Waals surface area contributed by atoms with Crippen LogP contribution in [0.15, 0.2) is 81.4 Å². The lowest BCUT2D eigenvalue weighted by atomic mass is 10.2. The summed E-state index contributed by atoms with van der Waals surface area (Å²) in [4.78, 5) is -0.164. The van der Waals surface area contributed by atoms with E-state index in [1.54, 1.807) is 12.1 Å². The highest BCUT2D eigenvalue weighted by Crippen LogP contribution is 2.27. The van der Waals surface area contributed by atoms with Crippen molar-refractivity contribution in [3.8, 4) is 17.2 Å². The van der Waals surface area contributed by atoms with E-state index in [-0.39, 0.29) is 27.0 Å². The predicted molar refractivity (Wildman–Crippen MR) is 109 cm³/mol. The quantitative estimate of drug-likeness (QED) is 0.405. The second kappa shape index (κ2) is 8.34. The average molecular weight is 450 g/mol. The second-order valence-electron chi connectivity index (χ2n) is 6.44. The van der Waals surface area contributed by atoms with Crippen LogP contribution in [-0.4, -0.2) is 38.7 Å². The minimum Gasteiger partial charge on any atom is -0.508 e. The number of hydrogen-bond donors (Lipinski definition) is 4. The monoisotopic (exact) mass is 449 g/mol. The standard InChI is InChI=1S/C20H19NO7S2/c22-15-2-1-3-17(12-15)29(25,26)16-6-4-14(5-7-16)10-11-21-30(27,28)18-8-9-19(23)20(24)13-18/h1-9,12-13,21-24H,10-11H2. The third-order valence-electron chi connectivity index (χ3n) is 4.32. The topological polar surface area (TPSA) is 141 Å². The molecular weight excluding hydrogens is 430 g/mol. The molecular formula is C20H19NO7S2. The number of rotatable bonds is 7. The van der Waals surface area contributed by atoms with Gasteiger partial charge in [-0.05, 0) is 54.4 Å². The molecule has 3 aromatic carbocycles. The number of aromatic hydroxyl groups is 3. The highest BCUT2D eigenvalue weighted by atomic mass is 32.2. The lowest BCUT2D eigenvalue weighted by Crippen LogP contribution is -2.26. The summed E-state index contributed by atoms with van der Waals surface area (Å²) >= 11 is 0. The fraction of sp³-hybridized carbons (Fsp3) is 0.100. The Morgan fingerprint density at radius 3 is 2.00 bits per heavy atom. The zero-order valence-corrected chi connectivity index (χ0v) is 17.2. The highest BCUT2D eigenvalue weighted by Gasteiger charge is 2.18. The summed E-state index contributed by atoms with van der Waals surface area (Å²) in [7, 11) is -7.66. The van der Waals surface area contributed by atoms with E-state index >= 15 is 0 Å². The molecule has 10 heteroatoms. The van der Waals surface area contributed by atoms with E-state index in [0.29, 0.717) is 12.0 Å². The van der Waals surface area contributed by atoms with Gasteiger partial charge in [0.1, 0.15) is 5.75 Å². The van der Waals surface area contributed by atoms with Crippen molar-refractivity contribution >= 4 is 19.9 Å². The van der Waals surface area contributed by atoms with Gasteiger partial charge in [0.15, 0.2) is 11.5 Å². The van der Waals surface area contributed by atoms with E-state index in [1.165, 1.54) is 42.5 Å². The van der Waals surface area contributed by atoms with Crippen molar-refractivity contribution in [2.45, 2.75) is 21.1 Å². The van der Waals surface area contributed by atoms with Gasteiger partial charge in [-0.15, -0.1) is 0 Å². The predicted octanol–water partition coefficient (Wildman–Crippen LogP) is 2.16. The first-order chi connectivity index (χ1) is 14.1. The minimum absolute atomic E-state index is 0.0276. The van der Waals surface area contributed by atoms with Crippen molar-refractivity contribution in [3.05, 3.63) is 72.3 Å². The van der Waals surface area contributed by atoms with Crippen LogP contribution in [0.1, 0.15) is 5.56 Å². The van der Waals surface area contributed by atoms with E-state index in [4.69, 9.17) is 0 Å². The maximum Gasteiger partial charge on any atom is 0.240 e. The van der Waals surface area contributed by atoms with Crippen molar-refractivity contribution < 1.29 is 32.2 Å². The third kappa shape index (κ3) is 4.73. The molecule has 0 saturated carbocycles. The molecule has 158 valence electrons. The summed E-state index contributed by atoms with van der Waals surface area (Å²) < 4.78 is 52.1. The largest absolute Gasteiger partial charge is 0.508 e. The molecule has 4 N–H and O–H groups in total. The Hall–Kier alpha value is -3.08. The molecule has 0 aliphatic rings. The molecule has 0 fully saturated rings. The molecule has 0 amide bonds. The lowest BCUT2D eigenvalue weighted by Gasteiger charge is -2.09.